The molecule has 16 heavy (non-hydrogen) atoms. The Labute approximate surface area is 112 Å². The van der Waals surface area contributed by atoms with Crippen molar-refractivity contribution in [3.8, 4) is 0 Å². The summed E-state index contributed by atoms with van der Waals surface area (Å²) in [6, 6.07) is 5.76. The molecule has 3 heteroatoms. The minimum Gasteiger partial charge on any atom is -0.123 e. The van der Waals surface area contributed by atoms with Crippen molar-refractivity contribution in [2.24, 2.45) is 5.92 Å². The van der Waals surface area contributed by atoms with Crippen LogP contribution in [0.15, 0.2) is 18.2 Å². The lowest BCUT2D eigenvalue weighted by molar-refractivity contribution is 0.292. The molecule has 1 unspecified atom stereocenters. The van der Waals surface area contributed by atoms with Gasteiger partial charge >= 0.3 is 0 Å². The third-order valence-electron chi connectivity index (χ3n) is 3.26. The summed E-state index contributed by atoms with van der Waals surface area (Å²) in [5.41, 5.74) is 1.17. The van der Waals surface area contributed by atoms with Crippen molar-refractivity contribution in [2.75, 3.05) is 0 Å². The molecule has 1 saturated carbocycles. The van der Waals surface area contributed by atoms with Gasteiger partial charge in [-0.05, 0) is 36.5 Å². The van der Waals surface area contributed by atoms with E-state index in [-0.39, 0.29) is 5.38 Å². The van der Waals surface area contributed by atoms with Gasteiger partial charge in [-0.15, -0.1) is 11.6 Å². The van der Waals surface area contributed by atoms with Gasteiger partial charge in [-0.3, -0.25) is 0 Å². The smallest absolute Gasteiger partial charge is 0.0595 e. The summed E-state index contributed by atoms with van der Waals surface area (Å²) in [5.74, 6) is 0.852. The first-order chi connectivity index (χ1) is 7.65. The topological polar surface area (TPSA) is 0 Å². The summed E-state index contributed by atoms with van der Waals surface area (Å²) in [4.78, 5) is 0. The van der Waals surface area contributed by atoms with Crippen LogP contribution in [-0.4, -0.2) is 5.38 Å². The van der Waals surface area contributed by atoms with Crippen LogP contribution in [0.2, 0.25) is 10.0 Å². The number of hydrogen-bond donors (Lipinski definition) is 0. The zero-order valence-electron chi connectivity index (χ0n) is 9.06. The summed E-state index contributed by atoms with van der Waals surface area (Å²) < 4.78 is 0. The molecule has 0 radical (unpaired) electrons. The van der Waals surface area contributed by atoms with Crippen LogP contribution in [0.25, 0.3) is 0 Å². The first-order valence-electron chi connectivity index (χ1n) is 5.73. The lowest BCUT2D eigenvalue weighted by Crippen LogP contribution is -2.17. The summed E-state index contributed by atoms with van der Waals surface area (Å²) in [7, 11) is 0. The van der Waals surface area contributed by atoms with E-state index in [0.717, 1.165) is 18.8 Å². The van der Waals surface area contributed by atoms with Crippen LogP contribution in [0.5, 0.6) is 0 Å². The molecule has 0 heterocycles. The van der Waals surface area contributed by atoms with Gasteiger partial charge in [0, 0.05) is 5.38 Å². The molecule has 1 atom stereocenters. The lowest BCUT2D eigenvalue weighted by atomic mass is 9.81. The van der Waals surface area contributed by atoms with Crippen LogP contribution in [-0.2, 0) is 6.42 Å². The van der Waals surface area contributed by atoms with Crippen LogP contribution in [0.3, 0.4) is 0 Å². The van der Waals surface area contributed by atoms with E-state index in [2.05, 4.69) is 0 Å². The molecule has 0 nitrogen and oxygen atoms in total. The van der Waals surface area contributed by atoms with Gasteiger partial charge < -0.3 is 0 Å². The Morgan fingerprint density at radius 3 is 2.50 bits per heavy atom. The Kier molecular flexibility index (Phi) is 4.41. The number of rotatable bonds is 4. The van der Waals surface area contributed by atoms with Gasteiger partial charge in [0.1, 0.15) is 0 Å². The second-order valence-corrected chi connectivity index (χ2v) is 6.01. The van der Waals surface area contributed by atoms with Crippen molar-refractivity contribution in [1.82, 2.24) is 0 Å². The zero-order chi connectivity index (χ0) is 11.5. The van der Waals surface area contributed by atoms with E-state index < -0.39 is 0 Å². The van der Waals surface area contributed by atoms with Crippen LogP contribution in [0, 0.1) is 5.92 Å². The number of alkyl halides is 1. The maximum Gasteiger partial charge on any atom is 0.0595 e. The third-order valence-corrected chi connectivity index (χ3v) is 4.33. The van der Waals surface area contributed by atoms with E-state index in [1.807, 2.05) is 18.2 Å². The van der Waals surface area contributed by atoms with Crippen molar-refractivity contribution < 1.29 is 0 Å². The van der Waals surface area contributed by atoms with E-state index >= 15 is 0 Å². The predicted octanol–water partition coefficient (Wildman–Crippen LogP) is 5.33. The standard InChI is InChI=1S/C13H15Cl3/c14-11(6-9-2-1-3-9)7-10-4-5-12(15)13(16)8-10/h4-5,8-9,11H,1-3,6-7H2. The highest BCUT2D eigenvalue weighted by Gasteiger charge is 2.21. The molecule has 0 N–H and O–H groups in total. The van der Waals surface area contributed by atoms with Crippen molar-refractivity contribution in [3.63, 3.8) is 0 Å². The molecule has 1 fully saturated rings. The van der Waals surface area contributed by atoms with Gasteiger partial charge in [-0.2, -0.15) is 0 Å². The van der Waals surface area contributed by atoms with E-state index in [4.69, 9.17) is 34.8 Å². The summed E-state index contributed by atoms with van der Waals surface area (Å²) >= 11 is 18.2. The van der Waals surface area contributed by atoms with Crippen LogP contribution in [0.1, 0.15) is 31.2 Å². The maximum atomic E-state index is 6.34. The SMILES string of the molecule is Clc1ccc(CC(Cl)CC2CCC2)cc1Cl. The molecule has 1 aliphatic carbocycles. The fourth-order valence-electron chi connectivity index (χ4n) is 2.10. The second-order valence-electron chi connectivity index (χ2n) is 4.58. The number of halogens is 3. The van der Waals surface area contributed by atoms with Crippen molar-refractivity contribution in [2.45, 2.75) is 37.5 Å². The third kappa shape index (κ3) is 3.29. The Balaban J connectivity index is 1.89. The Hall–Kier alpha value is 0.0900. The number of benzene rings is 1. The molecule has 1 aromatic rings. The molecular formula is C13H15Cl3. The zero-order valence-corrected chi connectivity index (χ0v) is 11.3. The molecule has 0 spiro atoms. The van der Waals surface area contributed by atoms with E-state index in [1.165, 1.54) is 24.8 Å². The van der Waals surface area contributed by atoms with Gasteiger partial charge in [-0.1, -0.05) is 48.5 Å². The molecular weight excluding hydrogens is 263 g/mol. The maximum absolute atomic E-state index is 6.34. The molecule has 0 aliphatic heterocycles. The summed E-state index contributed by atoms with van der Waals surface area (Å²) in [5, 5.41) is 1.45. The van der Waals surface area contributed by atoms with E-state index in [1.54, 1.807) is 0 Å². The van der Waals surface area contributed by atoms with Crippen molar-refractivity contribution in [3.05, 3.63) is 33.8 Å². The van der Waals surface area contributed by atoms with Crippen molar-refractivity contribution >= 4 is 34.8 Å². The molecule has 1 aliphatic rings. The normalized spacial score (nSPS) is 18.2. The molecule has 0 amide bonds. The van der Waals surface area contributed by atoms with Gasteiger partial charge in [0.05, 0.1) is 10.0 Å². The quantitative estimate of drug-likeness (QED) is 0.652. The van der Waals surface area contributed by atoms with Gasteiger partial charge in [0.2, 0.25) is 0 Å². The van der Waals surface area contributed by atoms with Crippen LogP contribution in [0.4, 0.5) is 0 Å². The molecule has 88 valence electrons. The average Bonchev–Trinajstić information content (AvgIpc) is 2.18. The molecule has 2 rings (SSSR count). The summed E-state index contributed by atoms with van der Waals surface area (Å²) in [6.45, 7) is 0. The highest BCUT2D eigenvalue weighted by molar-refractivity contribution is 6.42. The van der Waals surface area contributed by atoms with Gasteiger partial charge in [0.15, 0.2) is 0 Å². The summed E-state index contributed by atoms with van der Waals surface area (Å²) in [6.07, 6.45) is 6.09. The van der Waals surface area contributed by atoms with Crippen molar-refractivity contribution in [1.29, 1.82) is 0 Å². The highest BCUT2D eigenvalue weighted by atomic mass is 35.5. The highest BCUT2D eigenvalue weighted by Crippen LogP contribution is 2.33. The molecule has 0 saturated heterocycles. The predicted molar refractivity (Wildman–Crippen MR) is 71.8 cm³/mol. The van der Waals surface area contributed by atoms with E-state index in [9.17, 15) is 0 Å². The van der Waals surface area contributed by atoms with Gasteiger partial charge in [0.25, 0.3) is 0 Å². The number of hydrogen-bond acceptors (Lipinski definition) is 0. The Morgan fingerprint density at radius 1 is 1.19 bits per heavy atom. The first kappa shape index (κ1) is 12.5. The average molecular weight is 278 g/mol. The minimum atomic E-state index is 0.225. The Morgan fingerprint density at radius 2 is 1.94 bits per heavy atom. The fourth-order valence-corrected chi connectivity index (χ4v) is 2.85. The molecule has 0 aromatic heterocycles. The monoisotopic (exact) mass is 276 g/mol. The fraction of sp³-hybridized carbons (Fsp3) is 0.538. The Bertz CT molecular complexity index is 358. The molecule has 1 aromatic carbocycles. The van der Waals surface area contributed by atoms with Crippen LogP contribution < -0.4 is 0 Å². The lowest BCUT2D eigenvalue weighted by Gasteiger charge is -2.27. The van der Waals surface area contributed by atoms with E-state index in [0.29, 0.717) is 10.0 Å². The van der Waals surface area contributed by atoms with Gasteiger partial charge in [-0.25, -0.2) is 0 Å². The minimum absolute atomic E-state index is 0.225. The largest absolute Gasteiger partial charge is 0.123 e. The molecule has 0 bridgehead atoms. The second kappa shape index (κ2) is 5.62. The van der Waals surface area contributed by atoms with Crippen LogP contribution >= 0.6 is 34.8 Å². The first-order valence-corrected chi connectivity index (χ1v) is 6.92.